The van der Waals surface area contributed by atoms with Crippen molar-refractivity contribution >= 4 is 23.2 Å². The molecule has 1 aliphatic rings. The van der Waals surface area contributed by atoms with Crippen LogP contribution < -0.4 is 5.63 Å². The number of fused-ring (bicyclic) bond motifs is 1. The highest BCUT2D eigenvalue weighted by Crippen LogP contribution is 2.49. The summed E-state index contributed by atoms with van der Waals surface area (Å²) in [7, 11) is 0. The monoisotopic (exact) mass is 487 g/mol. The van der Waals surface area contributed by atoms with Crippen molar-refractivity contribution < 1.29 is 27.8 Å². The molecular weight excluding hydrogens is 467 g/mol. The van der Waals surface area contributed by atoms with Crippen molar-refractivity contribution in [3.63, 3.8) is 0 Å². The number of rotatable bonds is 4. The van der Waals surface area contributed by atoms with E-state index in [9.17, 15) is 28.2 Å². The summed E-state index contributed by atoms with van der Waals surface area (Å²) in [6.07, 6.45) is -2.46. The highest BCUT2D eigenvalue weighted by Gasteiger charge is 2.33. The summed E-state index contributed by atoms with van der Waals surface area (Å²) >= 11 is 1.22. The van der Waals surface area contributed by atoms with E-state index in [1.807, 2.05) is 0 Å². The molecule has 34 heavy (non-hydrogen) atoms. The average Bonchev–Trinajstić information content (AvgIpc) is 2.93. The van der Waals surface area contributed by atoms with E-state index in [1.165, 1.54) is 30.8 Å². The molecule has 1 aromatic heterocycles. The van der Waals surface area contributed by atoms with Crippen LogP contribution >= 0.6 is 11.8 Å². The number of hydrogen-bond acceptors (Lipinski definition) is 6. The van der Waals surface area contributed by atoms with E-state index in [1.54, 1.807) is 24.3 Å². The van der Waals surface area contributed by atoms with Crippen molar-refractivity contribution in [1.29, 1.82) is 0 Å². The molecule has 1 aliphatic heterocycles. The second kappa shape index (κ2) is 9.06. The van der Waals surface area contributed by atoms with Gasteiger partial charge in [0.2, 0.25) is 0 Å². The zero-order valence-electron chi connectivity index (χ0n) is 18.0. The van der Waals surface area contributed by atoms with Crippen molar-refractivity contribution in [2.75, 3.05) is 0 Å². The lowest BCUT2D eigenvalue weighted by Gasteiger charge is -2.19. The molecule has 0 fully saturated rings. The Kier molecular flexibility index (Phi) is 6.31. The van der Waals surface area contributed by atoms with Gasteiger partial charge < -0.3 is 14.6 Å². The number of nitrogens with zero attached hydrogens (tertiary/aromatic N) is 1. The Morgan fingerprint density at radius 3 is 2.68 bits per heavy atom. The highest BCUT2D eigenvalue weighted by molar-refractivity contribution is 7.99. The maximum absolute atomic E-state index is 13.4. The van der Waals surface area contributed by atoms with Crippen LogP contribution in [0.5, 0.6) is 11.5 Å². The van der Waals surface area contributed by atoms with Gasteiger partial charge >= 0.3 is 11.8 Å². The predicted molar refractivity (Wildman–Crippen MR) is 124 cm³/mol. The molecule has 0 amide bonds. The summed E-state index contributed by atoms with van der Waals surface area (Å²) in [4.78, 5) is 17.4. The van der Waals surface area contributed by atoms with Gasteiger partial charge in [-0.25, -0.2) is 4.79 Å². The number of aliphatic imine (C=N–C) groups is 1. The summed E-state index contributed by atoms with van der Waals surface area (Å²) < 4.78 is 45.2. The minimum absolute atomic E-state index is 0.0124. The molecule has 5 nitrogen and oxygen atoms in total. The molecule has 2 heterocycles. The third kappa shape index (κ3) is 4.61. The highest BCUT2D eigenvalue weighted by atomic mass is 32.2. The molecule has 2 N–H and O–H groups in total. The summed E-state index contributed by atoms with van der Waals surface area (Å²) in [6.45, 7) is 5.18. The van der Waals surface area contributed by atoms with Crippen molar-refractivity contribution in [3.8, 4) is 11.5 Å². The van der Waals surface area contributed by atoms with Crippen LogP contribution in [0.15, 0.2) is 74.2 Å². The lowest BCUT2D eigenvalue weighted by molar-refractivity contribution is -0.137. The third-order valence-electron chi connectivity index (χ3n) is 5.39. The van der Waals surface area contributed by atoms with Crippen molar-refractivity contribution in [2.45, 2.75) is 36.1 Å². The number of phenolic OH excluding ortho intramolecular Hbond substituents is 1. The molecule has 0 saturated heterocycles. The lowest BCUT2D eigenvalue weighted by atomic mass is 9.98. The number of hydrogen-bond donors (Lipinski definition) is 2. The van der Waals surface area contributed by atoms with Crippen LogP contribution in [0.4, 0.5) is 18.9 Å². The molecule has 4 rings (SSSR count). The number of halogens is 3. The third-order valence-corrected chi connectivity index (χ3v) is 6.70. The van der Waals surface area contributed by atoms with Gasteiger partial charge in [0.25, 0.3) is 0 Å². The van der Waals surface area contributed by atoms with Crippen LogP contribution in [0.3, 0.4) is 0 Å². The number of benzene rings is 2. The van der Waals surface area contributed by atoms with E-state index in [4.69, 9.17) is 4.42 Å². The molecule has 2 aromatic carbocycles. The smallest absolute Gasteiger partial charge is 0.416 e. The number of para-hydroxylation sites is 1. The van der Waals surface area contributed by atoms with Gasteiger partial charge in [0.1, 0.15) is 22.8 Å². The summed E-state index contributed by atoms with van der Waals surface area (Å²) in [5.41, 5.74) is -0.705. The first-order valence-corrected chi connectivity index (χ1v) is 11.2. The minimum Gasteiger partial charge on any atom is -0.507 e. The van der Waals surface area contributed by atoms with Gasteiger partial charge in [-0.2, -0.15) is 13.2 Å². The average molecular weight is 487 g/mol. The first-order valence-electron chi connectivity index (χ1n) is 10.3. The van der Waals surface area contributed by atoms with Gasteiger partial charge in [-0.3, -0.25) is 4.99 Å². The van der Waals surface area contributed by atoms with Gasteiger partial charge in [-0.05, 0) is 37.1 Å². The molecular formula is C25H20F3NO4S. The molecule has 1 unspecified atom stereocenters. The number of thioether (sulfide) groups is 1. The number of aromatic hydroxyl groups is 2. The first-order chi connectivity index (χ1) is 16.1. The molecule has 1 atom stereocenters. The fraction of sp³-hybridized carbons (Fsp3) is 0.200. The Labute approximate surface area is 197 Å². The van der Waals surface area contributed by atoms with Gasteiger partial charge in [0.15, 0.2) is 0 Å². The van der Waals surface area contributed by atoms with Crippen molar-refractivity contribution in [2.24, 2.45) is 4.99 Å². The van der Waals surface area contributed by atoms with Crippen molar-refractivity contribution in [3.05, 3.63) is 93.6 Å². The molecule has 0 spiro atoms. The molecule has 0 bridgehead atoms. The van der Waals surface area contributed by atoms with Gasteiger partial charge in [-0.1, -0.05) is 24.3 Å². The van der Waals surface area contributed by atoms with E-state index in [0.717, 1.165) is 12.1 Å². The van der Waals surface area contributed by atoms with E-state index >= 15 is 0 Å². The predicted octanol–water partition coefficient (Wildman–Crippen LogP) is 6.46. The van der Waals surface area contributed by atoms with Crippen LogP contribution in [0.1, 0.15) is 39.7 Å². The fourth-order valence-electron chi connectivity index (χ4n) is 3.83. The Morgan fingerprint density at radius 1 is 1.24 bits per heavy atom. The quantitative estimate of drug-likeness (QED) is 0.413. The van der Waals surface area contributed by atoms with Crippen LogP contribution in [-0.4, -0.2) is 15.9 Å². The molecule has 0 radical (unpaired) electrons. The van der Waals surface area contributed by atoms with Crippen LogP contribution in [0.25, 0.3) is 0 Å². The van der Waals surface area contributed by atoms with E-state index < -0.39 is 22.6 Å². The van der Waals surface area contributed by atoms with E-state index in [-0.39, 0.29) is 40.6 Å². The van der Waals surface area contributed by atoms with Crippen LogP contribution in [0.2, 0.25) is 0 Å². The van der Waals surface area contributed by atoms with Crippen LogP contribution in [-0.2, 0) is 12.6 Å². The largest absolute Gasteiger partial charge is 0.507 e. The normalized spacial score (nSPS) is 15.9. The molecule has 3 aromatic rings. The Bertz CT molecular complexity index is 1360. The maximum atomic E-state index is 13.4. The molecule has 9 heteroatoms. The summed E-state index contributed by atoms with van der Waals surface area (Å²) in [6, 6.07) is 9.68. The first kappa shape index (κ1) is 23.7. The minimum atomic E-state index is -4.58. The Hall–Kier alpha value is -3.46. The van der Waals surface area contributed by atoms with E-state index in [0.29, 0.717) is 22.4 Å². The molecule has 176 valence electrons. The zero-order chi connectivity index (χ0) is 24.6. The lowest BCUT2D eigenvalue weighted by Crippen LogP contribution is -2.17. The zero-order valence-corrected chi connectivity index (χ0v) is 18.8. The van der Waals surface area contributed by atoms with Crippen molar-refractivity contribution in [1.82, 2.24) is 0 Å². The van der Waals surface area contributed by atoms with E-state index in [2.05, 4.69) is 11.6 Å². The number of phenols is 1. The number of allylic oxidation sites excluding steroid dienone is 1. The molecule has 0 aliphatic carbocycles. The Morgan fingerprint density at radius 2 is 2.00 bits per heavy atom. The summed E-state index contributed by atoms with van der Waals surface area (Å²) in [5, 5.41) is 20.9. The van der Waals surface area contributed by atoms with Gasteiger partial charge in [0.05, 0.1) is 17.0 Å². The van der Waals surface area contributed by atoms with Crippen LogP contribution in [0, 0.1) is 6.92 Å². The number of alkyl halides is 3. The SMILES string of the molecule is C=CCc1cccc(C2CC(c3c(O)cc(C)oc3=O)=Nc3cc(C(F)(F)F)ccc3S2)c1O. The summed E-state index contributed by atoms with van der Waals surface area (Å²) in [5.74, 6) is -0.160. The van der Waals surface area contributed by atoms with Gasteiger partial charge in [0, 0.05) is 28.2 Å². The molecule has 0 saturated carbocycles. The number of aryl methyl sites for hydroxylation is 1. The Balaban J connectivity index is 1.92. The second-order valence-corrected chi connectivity index (χ2v) is 9.05. The second-order valence-electron chi connectivity index (χ2n) is 7.80. The topological polar surface area (TPSA) is 83.0 Å². The van der Waals surface area contributed by atoms with Gasteiger partial charge in [-0.15, -0.1) is 18.3 Å². The fourth-order valence-corrected chi connectivity index (χ4v) is 5.06. The standard InChI is InChI=1S/C25H20F3NO4S/c1-3-5-14-6-4-7-16(23(14)31)21-12-18(22-19(30)10-13(2)33-24(22)32)29-17-11-15(25(26,27)28)8-9-20(17)34-21/h3-4,6-11,21,30-31H,1,5,12H2,2H3. The maximum Gasteiger partial charge on any atom is 0.416 e.